The Bertz CT molecular complexity index is 648. The number of benzene rings is 1. The van der Waals surface area contributed by atoms with E-state index in [1.807, 2.05) is 29.2 Å². The summed E-state index contributed by atoms with van der Waals surface area (Å²) in [4.78, 5) is 14.1. The van der Waals surface area contributed by atoms with Crippen LogP contribution in [0, 0.1) is 0 Å². The third kappa shape index (κ3) is 3.41. The Morgan fingerprint density at radius 2 is 2.00 bits per heavy atom. The second kappa shape index (κ2) is 6.39. The van der Waals surface area contributed by atoms with Gasteiger partial charge in [0.05, 0.1) is 5.69 Å². The van der Waals surface area contributed by atoms with Gasteiger partial charge in [0.1, 0.15) is 0 Å². The number of aromatic nitrogens is 1. The van der Waals surface area contributed by atoms with E-state index in [1.54, 1.807) is 6.07 Å². The molecule has 0 aliphatic carbocycles. The number of piperidine rings is 1. The summed E-state index contributed by atoms with van der Waals surface area (Å²) in [5.41, 5.74) is 7.22. The molecule has 1 fully saturated rings. The molecule has 0 unspecified atom stereocenters. The predicted molar refractivity (Wildman–Crippen MR) is 87.6 cm³/mol. The maximum atomic E-state index is 12.2. The third-order valence-corrected chi connectivity index (χ3v) is 4.37. The van der Waals surface area contributed by atoms with Gasteiger partial charge in [-0.05, 0) is 37.1 Å². The van der Waals surface area contributed by atoms with Gasteiger partial charge in [-0.15, -0.1) is 0 Å². The van der Waals surface area contributed by atoms with Crippen molar-refractivity contribution in [1.82, 2.24) is 10.1 Å². The summed E-state index contributed by atoms with van der Waals surface area (Å²) >= 11 is 3.37. The first kappa shape index (κ1) is 14.9. The van der Waals surface area contributed by atoms with E-state index in [-0.39, 0.29) is 6.03 Å². The lowest BCUT2D eigenvalue weighted by atomic mass is 9.94. The van der Waals surface area contributed by atoms with E-state index < -0.39 is 0 Å². The number of carbonyl (C=O) groups excluding carboxylic acids is 1. The molecular formula is C15H17BrN4O2. The molecule has 7 heteroatoms. The molecule has 22 heavy (non-hydrogen) atoms. The van der Waals surface area contributed by atoms with Gasteiger partial charge in [-0.1, -0.05) is 21.1 Å². The first-order valence-corrected chi connectivity index (χ1v) is 7.95. The Labute approximate surface area is 136 Å². The van der Waals surface area contributed by atoms with Crippen molar-refractivity contribution in [1.29, 1.82) is 0 Å². The number of carbonyl (C=O) groups is 1. The number of halogens is 1. The molecule has 116 valence electrons. The molecule has 2 amide bonds. The zero-order valence-electron chi connectivity index (χ0n) is 12.0. The summed E-state index contributed by atoms with van der Waals surface area (Å²) in [6.45, 7) is 1.39. The minimum Gasteiger partial charge on any atom is -0.368 e. The molecule has 0 atom stereocenters. The highest BCUT2D eigenvalue weighted by atomic mass is 79.9. The molecule has 1 saturated heterocycles. The number of hydrogen-bond acceptors (Lipinski definition) is 4. The molecule has 1 aliphatic rings. The summed E-state index contributed by atoms with van der Waals surface area (Å²) in [5, 5.41) is 6.87. The summed E-state index contributed by atoms with van der Waals surface area (Å²) in [5.74, 6) is 0.642. The number of nitrogens with zero attached hydrogens (tertiary/aromatic N) is 2. The van der Waals surface area contributed by atoms with Crippen LogP contribution in [0.25, 0.3) is 0 Å². The van der Waals surface area contributed by atoms with Crippen LogP contribution in [0.1, 0.15) is 24.5 Å². The van der Waals surface area contributed by atoms with E-state index in [9.17, 15) is 4.79 Å². The molecule has 1 aromatic heterocycles. The predicted octanol–water partition coefficient (Wildman–Crippen LogP) is 3.43. The van der Waals surface area contributed by atoms with E-state index in [1.165, 1.54) is 0 Å². The van der Waals surface area contributed by atoms with Gasteiger partial charge < -0.3 is 20.5 Å². The van der Waals surface area contributed by atoms with Crippen molar-refractivity contribution in [2.75, 3.05) is 24.1 Å². The number of nitrogens with two attached hydrogens (primary N) is 1. The molecule has 1 aliphatic heterocycles. The minimum absolute atomic E-state index is 0.0690. The fourth-order valence-corrected chi connectivity index (χ4v) is 2.87. The number of rotatable bonds is 2. The number of urea groups is 1. The number of likely N-dealkylation sites (tertiary alicyclic amines) is 1. The lowest BCUT2D eigenvalue weighted by Gasteiger charge is -2.31. The SMILES string of the molecule is Nc1cc(C2CCN(C(=O)Nc3ccc(Br)cc3)CC2)no1. The molecule has 2 heterocycles. The van der Waals surface area contributed by atoms with Crippen molar-refractivity contribution in [2.24, 2.45) is 0 Å². The first-order chi connectivity index (χ1) is 10.6. The Morgan fingerprint density at radius 3 is 2.59 bits per heavy atom. The lowest BCUT2D eigenvalue weighted by Crippen LogP contribution is -2.40. The van der Waals surface area contributed by atoms with Gasteiger partial charge >= 0.3 is 6.03 Å². The molecule has 3 rings (SSSR count). The van der Waals surface area contributed by atoms with Crippen molar-refractivity contribution in [3.8, 4) is 0 Å². The molecule has 0 saturated carbocycles. The molecule has 2 aromatic rings. The molecule has 0 radical (unpaired) electrons. The molecular weight excluding hydrogens is 348 g/mol. The van der Waals surface area contributed by atoms with Crippen LogP contribution >= 0.6 is 15.9 Å². The van der Waals surface area contributed by atoms with Crippen LogP contribution < -0.4 is 11.1 Å². The van der Waals surface area contributed by atoms with Gasteiger partial charge in [0, 0.05) is 35.2 Å². The van der Waals surface area contributed by atoms with E-state index in [0.717, 1.165) is 28.7 Å². The maximum absolute atomic E-state index is 12.2. The van der Waals surface area contributed by atoms with Crippen LogP contribution in [0.5, 0.6) is 0 Å². The van der Waals surface area contributed by atoms with E-state index in [4.69, 9.17) is 10.3 Å². The maximum Gasteiger partial charge on any atom is 0.321 e. The number of amides is 2. The fraction of sp³-hybridized carbons (Fsp3) is 0.333. The Morgan fingerprint density at radius 1 is 1.32 bits per heavy atom. The topological polar surface area (TPSA) is 84.4 Å². The number of nitrogens with one attached hydrogen (secondary N) is 1. The van der Waals surface area contributed by atoms with Crippen LogP contribution in [0.15, 0.2) is 39.3 Å². The van der Waals surface area contributed by atoms with Gasteiger partial charge in [-0.25, -0.2) is 4.79 Å². The number of anilines is 2. The van der Waals surface area contributed by atoms with Gasteiger partial charge in [0.25, 0.3) is 0 Å². The summed E-state index contributed by atoms with van der Waals surface area (Å²) in [6.07, 6.45) is 1.72. The van der Waals surface area contributed by atoms with Crippen molar-refractivity contribution in [3.05, 3.63) is 40.5 Å². The Hall–Kier alpha value is -2.02. The number of nitrogen functional groups attached to an aromatic ring is 1. The van der Waals surface area contributed by atoms with Crippen LogP contribution in [0.2, 0.25) is 0 Å². The second-order valence-corrected chi connectivity index (χ2v) is 6.27. The standard InChI is InChI=1S/C15H17BrN4O2/c16-11-1-3-12(4-2-11)18-15(21)20-7-5-10(6-8-20)13-9-14(17)22-19-13/h1-4,9-10H,5-8,17H2,(H,18,21). The average Bonchev–Trinajstić information content (AvgIpc) is 2.96. The first-order valence-electron chi connectivity index (χ1n) is 7.15. The van der Waals surface area contributed by atoms with Crippen molar-refractivity contribution in [3.63, 3.8) is 0 Å². The Balaban J connectivity index is 1.54. The average molecular weight is 365 g/mol. The fourth-order valence-electron chi connectivity index (χ4n) is 2.61. The van der Waals surface area contributed by atoms with Gasteiger partial charge in [-0.3, -0.25) is 0 Å². The van der Waals surface area contributed by atoms with Crippen molar-refractivity contribution >= 4 is 33.5 Å². The summed E-state index contributed by atoms with van der Waals surface area (Å²) in [6, 6.07) is 9.23. The highest BCUT2D eigenvalue weighted by Crippen LogP contribution is 2.28. The van der Waals surface area contributed by atoms with E-state index in [2.05, 4.69) is 26.4 Å². The molecule has 1 aromatic carbocycles. The van der Waals surface area contributed by atoms with Gasteiger partial charge in [-0.2, -0.15) is 0 Å². The molecule has 0 spiro atoms. The highest BCUT2D eigenvalue weighted by molar-refractivity contribution is 9.10. The van der Waals surface area contributed by atoms with Crippen LogP contribution in [-0.2, 0) is 0 Å². The zero-order valence-corrected chi connectivity index (χ0v) is 13.5. The van der Waals surface area contributed by atoms with Crippen molar-refractivity contribution < 1.29 is 9.32 Å². The highest BCUT2D eigenvalue weighted by Gasteiger charge is 2.25. The molecule has 6 nitrogen and oxygen atoms in total. The monoisotopic (exact) mass is 364 g/mol. The molecule has 3 N–H and O–H groups in total. The largest absolute Gasteiger partial charge is 0.368 e. The van der Waals surface area contributed by atoms with E-state index >= 15 is 0 Å². The van der Waals surface area contributed by atoms with Gasteiger partial charge in [0.2, 0.25) is 5.88 Å². The van der Waals surface area contributed by atoms with E-state index in [0.29, 0.717) is 24.9 Å². The van der Waals surface area contributed by atoms with Crippen molar-refractivity contribution in [2.45, 2.75) is 18.8 Å². The third-order valence-electron chi connectivity index (χ3n) is 3.84. The van der Waals surface area contributed by atoms with Crippen LogP contribution in [-0.4, -0.2) is 29.2 Å². The minimum atomic E-state index is -0.0690. The van der Waals surface area contributed by atoms with Crippen LogP contribution in [0.4, 0.5) is 16.4 Å². The zero-order chi connectivity index (χ0) is 15.5. The van der Waals surface area contributed by atoms with Gasteiger partial charge in [0.15, 0.2) is 0 Å². The Kier molecular flexibility index (Phi) is 4.33. The second-order valence-electron chi connectivity index (χ2n) is 5.35. The molecule has 0 bridgehead atoms. The normalized spacial score (nSPS) is 15.8. The number of hydrogen-bond donors (Lipinski definition) is 2. The lowest BCUT2D eigenvalue weighted by molar-refractivity contribution is 0.193. The summed E-state index contributed by atoms with van der Waals surface area (Å²) in [7, 11) is 0. The smallest absolute Gasteiger partial charge is 0.321 e. The summed E-state index contributed by atoms with van der Waals surface area (Å²) < 4.78 is 5.90. The van der Waals surface area contributed by atoms with Crippen LogP contribution in [0.3, 0.4) is 0 Å². The quantitative estimate of drug-likeness (QED) is 0.854.